The Morgan fingerprint density at radius 2 is 1.81 bits per heavy atom. The maximum absolute atomic E-state index is 14.6. The van der Waals surface area contributed by atoms with Crippen molar-refractivity contribution in [3.05, 3.63) is 53.6 Å². The number of hydrogen-bond donors (Lipinski definition) is 0. The molecule has 0 bridgehead atoms. The second kappa shape index (κ2) is 8.97. The standard InChI is InChI=1S/C24H32F2/c1-3-5-6-21-15-16-22(24(26)23(21)25)20-13-11-19(12-14-20)18-9-7-17(4-2)8-10-18/h4,13,15-19H,2-3,5-12,14H2,1H3. The van der Waals surface area contributed by atoms with Crippen molar-refractivity contribution >= 4 is 5.57 Å². The van der Waals surface area contributed by atoms with Crippen LogP contribution in [0.1, 0.15) is 75.8 Å². The highest BCUT2D eigenvalue weighted by Gasteiger charge is 2.28. The average molecular weight is 359 g/mol. The minimum Gasteiger partial charge on any atom is -0.203 e. The van der Waals surface area contributed by atoms with Gasteiger partial charge < -0.3 is 0 Å². The van der Waals surface area contributed by atoms with E-state index in [1.807, 2.05) is 0 Å². The smallest absolute Gasteiger partial charge is 0.166 e. The quantitative estimate of drug-likeness (QED) is 0.462. The molecule has 0 heterocycles. The molecule has 26 heavy (non-hydrogen) atoms. The molecule has 0 amide bonds. The topological polar surface area (TPSA) is 0 Å². The molecule has 0 nitrogen and oxygen atoms in total. The molecule has 1 aromatic rings. The van der Waals surface area contributed by atoms with Gasteiger partial charge in [-0.15, -0.1) is 6.58 Å². The minimum atomic E-state index is -0.644. The summed E-state index contributed by atoms with van der Waals surface area (Å²) in [4.78, 5) is 0. The summed E-state index contributed by atoms with van der Waals surface area (Å²) in [6.45, 7) is 5.99. The summed E-state index contributed by atoms with van der Waals surface area (Å²) in [6.07, 6.45) is 14.9. The molecule has 0 aromatic heterocycles. The molecule has 2 aliphatic carbocycles. The molecule has 142 valence electrons. The Bertz CT molecular complexity index is 650. The third kappa shape index (κ3) is 4.27. The third-order valence-electron chi connectivity index (χ3n) is 6.58. The molecule has 2 heteroatoms. The number of aryl methyl sites for hydroxylation is 1. The van der Waals surface area contributed by atoms with Crippen LogP contribution < -0.4 is 0 Å². The van der Waals surface area contributed by atoms with Crippen LogP contribution in [0.25, 0.3) is 5.57 Å². The van der Waals surface area contributed by atoms with Gasteiger partial charge in [-0.1, -0.05) is 37.6 Å². The molecule has 1 fully saturated rings. The van der Waals surface area contributed by atoms with Crippen LogP contribution in [0.4, 0.5) is 8.78 Å². The van der Waals surface area contributed by atoms with Crippen molar-refractivity contribution in [1.29, 1.82) is 0 Å². The van der Waals surface area contributed by atoms with Gasteiger partial charge in [0.15, 0.2) is 11.6 Å². The van der Waals surface area contributed by atoms with Crippen LogP contribution >= 0.6 is 0 Å². The zero-order chi connectivity index (χ0) is 18.5. The summed E-state index contributed by atoms with van der Waals surface area (Å²) >= 11 is 0. The Hall–Kier alpha value is -1.44. The molecule has 0 spiro atoms. The van der Waals surface area contributed by atoms with E-state index in [9.17, 15) is 8.78 Å². The lowest BCUT2D eigenvalue weighted by Crippen LogP contribution is -2.22. The van der Waals surface area contributed by atoms with E-state index in [4.69, 9.17) is 0 Å². The maximum atomic E-state index is 14.6. The van der Waals surface area contributed by atoms with Crippen molar-refractivity contribution < 1.29 is 8.78 Å². The van der Waals surface area contributed by atoms with Crippen LogP contribution in [0.5, 0.6) is 0 Å². The Morgan fingerprint density at radius 3 is 2.42 bits per heavy atom. The number of rotatable bonds is 6. The van der Waals surface area contributed by atoms with Gasteiger partial charge in [-0.2, -0.15) is 0 Å². The molecular weight excluding hydrogens is 326 g/mol. The van der Waals surface area contributed by atoms with Crippen molar-refractivity contribution in [1.82, 2.24) is 0 Å². The van der Waals surface area contributed by atoms with Crippen molar-refractivity contribution in [2.24, 2.45) is 17.8 Å². The van der Waals surface area contributed by atoms with E-state index in [1.165, 1.54) is 25.7 Å². The Kier molecular flexibility index (Phi) is 6.67. The minimum absolute atomic E-state index is 0.483. The predicted molar refractivity (Wildman–Crippen MR) is 106 cm³/mol. The summed E-state index contributed by atoms with van der Waals surface area (Å²) in [5.74, 6) is 0.920. The van der Waals surface area contributed by atoms with Gasteiger partial charge in [0.2, 0.25) is 0 Å². The highest BCUT2D eigenvalue weighted by molar-refractivity contribution is 5.67. The van der Waals surface area contributed by atoms with E-state index in [-0.39, 0.29) is 0 Å². The summed E-state index contributed by atoms with van der Waals surface area (Å²) < 4.78 is 29.0. The fourth-order valence-electron chi connectivity index (χ4n) is 4.78. The largest absolute Gasteiger partial charge is 0.203 e. The number of hydrogen-bond acceptors (Lipinski definition) is 0. The summed E-state index contributed by atoms with van der Waals surface area (Å²) in [5, 5.41) is 0. The van der Waals surface area contributed by atoms with Gasteiger partial charge in [0.25, 0.3) is 0 Å². The van der Waals surface area contributed by atoms with Crippen molar-refractivity contribution in [2.75, 3.05) is 0 Å². The molecule has 1 atom stereocenters. The van der Waals surface area contributed by atoms with Crippen molar-refractivity contribution in [3.63, 3.8) is 0 Å². The van der Waals surface area contributed by atoms with Gasteiger partial charge >= 0.3 is 0 Å². The fourth-order valence-corrected chi connectivity index (χ4v) is 4.78. The van der Waals surface area contributed by atoms with Crippen LogP contribution in [0.2, 0.25) is 0 Å². The lowest BCUT2D eigenvalue weighted by Gasteiger charge is -2.34. The van der Waals surface area contributed by atoms with Crippen LogP contribution in [-0.2, 0) is 6.42 Å². The average Bonchev–Trinajstić information content (AvgIpc) is 2.69. The third-order valence-corrected chi connectivity index (χ3v) is 6.58. The Balaban J connectivity index is 1.65. The second-order valence-corrected chi connectivity index (χ2v) is 8.18. The lowest BCUT2D eigenvalue weighted by molar-refractivity contribution is 0.212. The van der Waals surface area contributed by atoms with Crippen LogP contribution in [0, 0.1) is 29.4 Å². The van der Waals surface area contributed by atoms with E-state index in [0.29, 0.717) is 29.4 Å². The van der Waals surface area contributed by atoms with Crippen molar-refractivity contribution in [3.8, 4) is 0 Å². The fraction of sp³-hybridized carbons (Fsp3) is 0.583. The number of benzene rings is 1. The van der Waals surface area contributed by atoms with Gasteiger partial charge in [-0.25, -0.2) is 8.78 Å². The first-order valence-electron chi connectivity index (χ1n) is 10.4. The number of halogens is 2. The molecule has 2 aliphatic rings. The van der Waals surface area contributed by atoms with Gasteiger partial charge in [0.1, 0.15) is 0 Å². The molecule has 1 unspecified atom stereocenters. The predicted octanol–water partition coefficient (Wildman–Crippen LogP) is 7.48. The SMILES string of the molecule is C=CC1CCC(C2CC=C(c3ccc(CCCC)c(F)c3F)CC2)CC1. The molecule has 0 N–H and O–H groups in total. The molecule has 3 rings (SSSR count). The van der Waals surface area contributed by atoms with E-state index in [2.05, 4.69) is 25.7 Å². The van der Waals surface area contributed by atoms with E-state index >= 15 is 0 Å². The Labute approximate surface area is 157 Å². The highest BCUT2D eigenvalue weighted by Crippen LogP contribution is 2.41. The number of unbranched alkanes of at least 4 members (excludes halogenated alkanes) is 1. The zero-order valence-electron chi connectivity index (χ0n) is 16.1. The molecular formula is C24H32F2. The molecule has 1 aromatic carbocycles. The van der Waals surface area contributed by atoms with Gasteiger partial charge in [-0.05, 0) is 86.7 Å². The second-order valence-electron chi connectivity index (χ2n) is 8.18. The van der Waals surface area contributed by atoms with E-state index in [1.54, 1.807) is 12.1 Å². The summed E-state index contributed by atoms with van der Waals surface area (Å²) in [6, 6.07) is 3.58. The Morgan fingerprint density at radius 1 is 1.04 bits per heavy atom. The van der Waals surface area contributed by atoms with E-state index in [0.717, 1.165) is 43.6 Å². The van der Waals surface area contributed by atoms with Crippen LogP contribution in [0.3, 0.4) is 0 Å². The molecule has 0 aliphatic heterocycles. The van der Waals surface area contributed by atoms with Crippen LogP contribution in [0.15, 0.2) is 30.9 Å². The first-order valence-corrected chi connectivity index (χ1v) is 10.4. The zero-order valence-corrected chi connectivity index (χ0v) is 16.1. The van der Waals surface area contributed by atoms with Crippen molar-refractivity contribution in [2.45, 2.75) is 71.1 Å². The number of allylic oxidation sites excluding steroid dienone is 3. The normalized spacial score (nSPS) is 26.4. The lowest BCUT2D eigenvalue weighted by atomic mass is 9.71. The van der Waals surface area contributed by atoms with Gasteiger partial charge in [-0.3, -0.25) is 0 Å². The van der Waals surface area contributed by atoms with Gasteiger partial charge in [0, 0.05) is 5.56 Å². The molecule has 1 saturated carbocycles. The molecule has 0 radical (unpaired) electrons. The summed E-state index contributed by atoms with van der Waals surface area (Å²) in [5.41, 5.74) is 2.00. The first kappa shape index (κ1) is 19.3. The summed E-state index contributed by atoms with van der Waals surface area (Å²) in [7, 11) is 0. The van der Waals surface area contributed by atoms with Gasteiger partial charge in [0.05, 0.1) is 0 Å². The highest BCUT2D eigenvalue weighted by atomic mass is 19.2. The monoisotopic (exact) mass is 358 g/mol. The van der Waals surface area contributed by atoms with Crippen LogP contribution in [-0.4, -0.2) is 0 Å². The molecule has 0 saturated heterocycles. The van der Waals surface area contributed by atoms with E-state index < -0.39 is 11.6 Å². The first-order chi connectivity index (χ1) is 12.6. The maximum Gasteiger partial charge on any atom is 0.166 e.